The smallest absolute Gasteiger partial charge is 0.308 e. The first-order valence-corrected chi connectivity index (χ1v) is 6.92. The summed E-state index contributed by atoms with van der Waals surface area (Å²) in [6.07, 6.45) is -4.70. The number of nitrogens with one attached hydrogen (secondary N) is 2. The van der Waals surface area contributed by atoms with Gasteiger partial charge in [0.15, 0.2) is 5.69 Å². The van der Waals surface area contributed by atoms with Crippen LogP contribution in [0.3, 0.4) is 0 Å². The van der Waals surface area contributed by atoms with E-state index in [0.29, 0.717) is 22.9 Å². The fourth-order valence-corrected chi connectivity index (χ4v) is 2.10. The maximum atomic E-state index is 12.9. The molecule has 0 saturated carbocycles. The van der Waals surface area contributed by atoms with Crippen LogP contribution in [0.25, 0.3) is 4.85 Å². The Morgan fingerprint density at radius 2 is 1.76 bits per heavy atom. The van der Waals surface area contributed by atoms with E-state index in [1.165, 1.54) is 18.2 Å². The molecule has 2 aromatic rings. The van der Waals surface area contributed by atoms with Gasteiger partial charge in [0.1, 0.15) is 0 Å². The fraction of sp³-hybridized carbons (Fsp3) is 0.118. The predicted octanol–water partition coefficient (Wildman–Crippen LogP) is 5.08. The molecular formula is C17H11F3N4O. The van der Waals surface area contributed by atoms with Gasteiger partial charge in [-0.25, -0.2) is 9.64 Å². The van der Waals surface area contributed by atoms with Gasteiger partial charge in [-0.3, -0.25) is 0 Å². The molecule has 0 aliphatic rings. The molecule has 2 aromatic carbocycles. The Kier molecular flexibility index (Phi) is 4.94. The van der Waals surface area contributed by atoms with Crippen LogP contribution >= 0.6 is 0 Å². The average molecular weight is 344 g/mol. The molecule has 0 bridgehead atoms. The summed E-state index contributed by atoms with van der Waals surface area (Å²) >= 11 is 0. The number of amides is 2. The normalized spacial score (nSPS) is 10.5. The van der Waals surface area contributed by atoms with Crippen LogP contribution in [0.15, 0.2) is 36.4 Å². The predicted molar refractivity (Wildman–Crippen MR) is 86.2 cm³/mol. The number of nitriles is 1. The van der Waals surface area contributed by atoms with Crippen LogP contribution in [0, 0.1) is 24.8 Å². The van der Waals surface area contributed by atoms with Gasteiger partial charge in [-0.1, -0.05) is 6.07 Å². The average Bonchev–Trinajstić information content (AvgIpc) is 2.54. The second-order valence-electron chi connectivity index (χ2n) is 5.06. The number of hydrogen-bond acceptors (Lipinski definition) is 2. The summed E-state index contributed by atoms with van der Waals surface area (Å²) in [5, 5.41) is 13.6. The van der Waals surface area contributed by atoms with E-state index in [1.54, 1.807) is 13.0 Å². The van der Waals surface area contributed by atoms with Crippen LogP contribution in [0.4, 0.5) is 35.0 Å². The number of rotatable bonds is 2. The van der Waals surface area contributed by atoms with Gasteiger partial charge in [0, 0.05) is 11.4 Å². The quantitative estimate of drug-likeness (QED) is 0.746. The summed E-state index contributed by atoms with van der Waals surface area (Å²) in [6.45, 7) is 8.48. The summed E-state index contributed by atoms with van der Waals surface area (Å²) in [5.41, 5.74) is -0.252. The number of carbonyl (C=O) groups excluding carboxylic acids is 1. The van der Waals surface area contributed by atoms with Crippen LogP contribution in [0.1, 0.15) is 16.7 Å². The molecule has 126 valence electrons. The molecule has 0 heterocycles. The Bertz CT molecular complexity index is 908. The molecule has 0 unspecified atom stereocenters. The van der Waals surface area contributed by atoms with Gasteiger partial charge < -0.3 is 10.6 Å². The van der Waals surface area contributed by atoms with Crippen molar-refractivity contribution in [1.29, 1.82) is 5.26 Å². The van der Waals surface area contributed by atoms with E-state index in [9.17, 15) is 18.0 Å². The number of hydrogen-bond donors (Lipinski definition) is 2. The topological polar surface area (TPSA) is 69.3 Å². The van der Waals surface area contributed by atoms with Crippen molar-refractivity contribution in [1.82, 2.24) is 0 Å². The fourth-order valence-electron chi connectivity index (χ4n) is 2.10. The molecule has 0 aliphatic carbocycles. The molecule has 0 atom stereocenters. The first kappa shape index (κ1) is 17.8. The Morgan fingerprint density at radius 1 is 1.16 bits per heavy atom. The Morgan fingerprint density at radius 3 is 2.28 bits per heavy atom. The lowest BCUT2D eigenvalue weighted by Gasteiger charge is -2.12. The lowest BCUT2D eigenvalue weighted by Crippen LogP contribution is -2.20. The van der Waals surface area contributed by atoms with E-state index in [-0.39, 0.29) is 5.69 Å². The second kappa shape index (κ2) is 6.93. The highest BCUT2D eigenvalue weighted by Crippen LogP contribution is 2.38. The highest BCUT2D eigenvalue weighted by atomic mass is 19.4. The molecule has 8 heteroatoms. The van der Waals surface area contributed by atoms with Gasteiger partial charge >= 0.3 is 12.2 Å². The van der Waals surface area contributed by atoms with Gasteiger partial charge in [-0.05, 0) is 42.8 Å². The number of anilines is 2. The molecule has 5 nitrogen and oxygen atoms in total. The molecule has 0 aliphatic heterocycles. The van der Waals surface area contributed by atoms with Crippen molar-refractivity contribution >= 4 is 23.1 Å². The van der Waals surface area contributed by atoms with Crippen molar-refractivity contribution < 1.29 is 18.0 Å². The van der Waals surface area contributed by atoms with Crippen LogP contribution in [-0.4, -0.2) is 6.03 Å². The molecule has 0 spiro atoms. The second-order valence-corrected chi connectivity index (χ2v) is 5.06. The SMILES string of the molecule is [C-]#[N+]c1ccc(NC(=O)Nc2ccc(C#N)c(C)c2)cc1C(F)(F)F. The first-order chi connectivity index (χ1) is 11.7. The van der Waals surface area contributed by atoms with E-state index in [4.69, 9.17) is 11.8 Å². The Hall–Kier alpha value is -3.52. The van der Waals surface area contributed by atoms with E-state index in [2.05, 4.69) is 15.5 Å². The zero-order valence-electron chi connectivity index (χ0n) is 12.9. The van der Waals surface area contributed by atoms with Crippen LogP contribution in [0.2, 0.25) is 0 Å². The molecule has 0 fully saturated rings. The lowest BCUT2D eigenvalue weighted by molar-refractivity contribution is -0.136. The Labute approximate surface area is 141 Å². The van der Waals surface area contributed by atoms with Crippen molar-refractivity contribution in [3.8, 4) is 6.07 Å². The number of alkyl halides is 3. The third kappa shape index (κ3) is 4.27. The lowest BCUT2D eigenvalue weighted by atomic mass is 10.1. The van der Waals surface area contributed by atoms with Crippen molar-refractivity contribution in [3.63, 3.8) is 0 Å². The Balaban J connectivity index is 2.17. The van der Waals surface area contributed by atoms with E-state index < -0.39 is 23.5 Å². The largest absolute Gasteiger partial charge is 0.407 e. The third-order valence-corrected chi connectivity index (χ3v) is 3.29. The minimum Gasteiger partial charge on any atom is -0.308 e. The maximum Gasteiger partial charge on any atom is 0.407 e. The summed E-state index contributed by atoms with van der Waals surface area (Å²) < 4.78 is 38.8. The van der Waals surface area contributed by atoms with Crippen LogP contribution < -0.4 is 10.6 Å². The number of nitrogens with zero attached hydrogens (tertiary/aromatic N) is 2. The number of aryl methyl sites for hydroxylation is 1. The molecular weight excluding hydrogens is 333 g/mol. The number of benzene rings is 2. The number of urea groups is 1. The standard InChI is InChI=1S/C17H11F3N4O/c1-10-7-12(4-3-11(10)9-21)23-16(25)24-13-5-6-15(22-2)14(8-13)17(18,19)20/h3-8H,1H3,(H2,23,24,25). The molecule has 2 N–H and O–H groups in total. The van der Waals surface area contributed by atoms with Crippen molar-refractivity contribution in [2.24, 2.45) is 0 Å². The highest BCUT2D eigenvalue weighted by molar-refractivity contribution is 6.00. The molecule has 0 saturated heterocycles. The van der Waals surface area contributed by atoms with Crippen molar-refractivity contribution in [3.05, 3.63) is 64.5 Å². The zero-order valence-corrected chi connectivity index (χ0v) is 12.9. The molecule has 2 rings (SSSR count). The minimum absolute atomic E-state index is 0.0948. The van der Waals surface area contributed by atoms with Gasteiger partial charge in [0.25, 0.3) is 0 Å². The third-order valence-electron chi connectivity index (χ3n) is 3.29. The first-order valence-electron chi connectivity index (χ1n) is 6.92. The van der Waals surface area contributed by atoms with Gasteiger partial charge in [0.05, 0.1) is 23.8 Å². The molecule has 0 aromatic heterocycles. The summed E-state index contributed by atoms with van der Waals surface area (Å²) in [5.74, 6) is 0. The van der Waals surface area contributed by atoms with E-state index >= 15 is 0 Å². The van der Waals surface area contributed by atoms with Gasteiger partial charge in [-0.2, -0.15) is 18.4 Å². The van der Waals surface area contributed by atoms with Crippen molar-refractivity contribution in [2.75, 3.05) is 10.6 Å². The van der Waals surface area contributed by atoms with E-state index in [1.807, 2.05) is 6.07 Å². The maximum absolute atomic E-state index is 12.9. The zero-order chi connectivity index (χ0) is 18.6. The molecule has 25 heavy (non-hydrogen) atoms. The van der Waals surface area contributed by atoms with Crippen LogP contribution in [0.5, 0.6) is 0 Å². The van der Waals surface area contributed by atoms with E-state index in [0.717, 1.165) is 6.07 Å². The highest BCUT2D eigenvalue weighted by Gasteiger charge is 2.33. The number of halogens is 3. The molecule has 0 radical (unpaired) electrons. The summed E-state index contributed by atoms with van der Waals surface area (Å²) in [4.78, 5) is 14.8. The van der Waals surface area contributed by atoms with Crippen molar-refractivity contribution in [2.45, 2.75) is 13.1 Å². The van der Waals surface area contributed by atoms with Gasteiger partial charge in [0.2, 0.25) is 0 Å². The summed E-state index contributed by atoms with van der Waals surface area (Å²) in [7, 11) is 0. The minimum atomic E-state index is -4.70. The monoisotopic (exact) mass is 344 g/mol. The molecule has 2 amide bonds. The van der Waals surface area contributed by atoms with Gasteiger partial charge in [-0.15, -0.1) is 0 Å². The summed E-state index contributed by atoms with van der Waals surface area (Å²) in [6, 6.07) is 8.77. The van der Waals surface area contributed by atoms with Crippen LogP contribution in [-0.2, 0) is 6.18 Å². The number of carbonyl (C=O) groups is 1.